The zero-order chi connectivity index (χ0) is 22.9. The van der Waals surface area contributed by atoms with Gasteiger partial charge in [-0.3, -0.25) is 9.59 Å². The van der Waals surface area contributed by atoms with Crippen LogP contribution >= 0.6 is 0 Å². The number of aromatic nitrogens is 2. The van der Waals surface area contributed by atoms with Crippen LogP contribution in [0.25, 0.3) is 11.0 Å². The highest BCUT2D eigenvalue weighted by Gasteiger charge is 2.36. The molecule has 3 heterocycles. The zero-order valence-electron chi connectivity index (χ0n) is 19.2. The molecule has 0 unspecified atom stereocenters. The third kappa shape index (κ3) is 4.08. The molecule has 7 heteroatoms. The summed E-state index contributed by atoms with van der Waals surface area (Å²) in [6.45, 7) is 4.63. The van der Waals surface area contributed by atoms with E-state index in [0.29, 0.717) is 24.6 Å². The highest BCUT2D eigenvalue weighted by atomic mass is 16.5. The molecular weight excluding hydrogens is 416 g/mol. The lowest BCUT2D eigenvalue weighted by atomic mass is 9.99. The average molecular weight is 447 g/mol. The minimum Gasteiger partial charge on any atom is -0.495 e. The van der Waals surface area contributed by atoms with Crippen LogP contribution in [0.5, 0.6) is 5.75 Å². The number of amides is 2. The van der Waals surface area contributed by atoms with Crippen molar-refractivity contribution in [3.63, 3.8) is 0 Å². The van der Waals surface area contributed by atoms with Crippen molar-refractivity contribution in [1.82, 2.24) is 14.5 Å². The van der Waals surface area contributed by atoms with Crippen molar-refractivity contribution >= 4 is 28.5 Å². The molecule has 0 aliphatic carbocycles. The Hall–Kier alpha value is -3.35. The Morgan fingerprint density at radius 2 is 1.82 bits per heavy atom. The number of anilines is 1. The molecule has 2 amide bonds. The molecule has 2 fully saturated rings. The van der Waals surface area contributed by atoms with Gasteiger partial charge in [0.05, 0.1) is 23.8 Å². The first-order chi connectivity index (χ1) is 16.0. The van der Waals surface area contributed by atoms with E-state index in [-0.39, 0.29) is 24.3 Å². The molecule has 33 heavy (non-hydrogen) atoms. The standard InChI is InChI=1S/C26H30N4O3/c1-18-11-13-28(14-12-18)25(32)17-30-21-8-4-3-7-20(21)27-26(30)19-15-24(31)29(16-19)22-9-5-6-10-23(22)33-2/h3-10,18-19H,11-17H2,1-2H3/t19-/m1/s1. The van der Waals surface area contributed by atoms with E-state index in [1.165, 1.54) is 0 Å². The van der Waals surface area contributed by atoms with Crippen molar-refractivity contribution in [1.29, 1.82) is 0 Å². The smallest absolute Gasteiger partial charge is 0.242 e. The van der Waals surface area contributed by atoms with Crippen molar-refractivity contribution in [2.24, 2.45) is 5.92 Å². The Kier molecular flexibility index (Phi) is 5.79. The van der Waals surface area contributed by atoms with Gasteiger partial charge in [0.25, 0.3) is 0 Å². The van der Waals surface area contributed by atoms with E-state index in [4.69, 9.17) is 9.72 Å². The molecule has 2 saturated heterocycles. The van der Waals surface area contributed by atoms with E-state index in [1.54, 1.807) is 12.0 Å². The van der Waals surface area contributed by atoms with Crippen LogP contribution < -0.4 is 9.64 Å². The summed E-state index contributed by atoms with van der Waals surface area (Å²) in [7, 11) is 1.61. The van der Waals surface area contributed by atoms with Crippen LogP contribution in [0.2, 0.25) is 0 Å². The lowest BCUT2D eigenvalue weighted by Crippen LogP contribution is -2.40. The van der Waals surface area contributed by atoms with Gasteiger partial charge in [-0.25, -0.2) is 4.98 Å². The van der Waals surface area contributed by atoms with Crippen LogP contribution in [0.4, 0.5) is 5.69 Å². The van der Waals surface area contributed by atoms with Crippen molar-refractivity contribution < 1.29 is 14.3 Å². The van der Waals surface area contributed by atoms with E-state index < -0.39 is 0 Å². The van der Waals surface area contributed by atoms with Gasteiger partial charge in [0.15, 0.2) is 0 Å². The Bertz CT molecular complexity index is 1180. The van der Waals surface area contributed by atoms with E-state index in [9.17, 15) is 9.59 Å². The van der Waals surface area contributed by atoms with Gasteiger partial charge in [-0.2, -0.15) is 0 Å². The Labute approximate surface area is 193 Å². The highest BCUT2D eigenvalue weighted by Crippen LogP contribution is 2.37. The van der Waals surface area contributed by atoms with Crippen LogP contribution in [0.15, 0.2) is 48.5 Å². The summed E-state index contributed by atoms with van der Waals surface area (Å²) in [6, 6.07) is 15.5. The number of carbonyl (C=O) groups excluding carboxylic acids is 2. The molecular formula is C26H30N4O3. The van der Waals surface area contributed by atoms with Gasteiger partial charge >= 0.3 is 0 Å². The minimum absolute atomic E-state index is 0.0412. The number of fused-ring (bicyclic) bond motifs is 1. The zero-order valence-corrected chi connectivity index (χ0v) is 19.2. The number of hydrogen-bond donors (Lipinski definition) is 0. The summed E-state index contributed by atoms with van der Waals surface area (Å²) in [5.74, 6) is 2.22. The SMILES string of the molecule is COc1ccccc1N1C[C@H](c2nc3ccccc3n2CC(=O)N2CCC(C)CC2)CC1=O. The van der Waals surface area contributed by atoms with Crippen molar-refractivity contribution in [3.05, 3.63) is 54.4 Å². The van der Waals surface area contributed by atoms with E-state index in [2.05, 4.69) is 6.92 Å². The molecule has 2 aliphatic heterocycles. The summed E-state index contributed by atoms with van der Waals surface area (Å²) in [5.41, 5.74) is 2.57. The minimum atomic E-state index is -0.0935. The Morgan fingerprint density at radius 3 is 2.61 bits per heavy atom. The highest BCUT2D eigenvalue weighted by molar-refractivity contribution is 5.98. The van der Waals surface area contributed by atoms with Gasteiger partial charge in [-0.05, 0) is 43.0 Å². The predicted octanol–water partition coefficient (Wildman–Crippen LogP) is 3.82. The number of piperidine rings is 1. The van der Waals surface area contributed by atoms with E-state index in [0.717, 1.165) is 48.5 Å². The summed E-state index contributed by atoms with van der Waals surface area (Å²) < 4.78 is 7.51. The lowest BCUT2D eigenvalue weighted by molar-refractivity contribution is -0.133. The molecule has 7 nitrogen and oxygen atoms in total. The summed E-state index contributed by atoms with van der Waals surface area (Å²) >= 11 is 0. The number of nitrogens with zero attached hydrogens (tertiary/aromatic N) is 4. The number of ether oxygens (including phenoxy) is 1. The summed E-state index contributed by atoms with van der Waals surface area (Å²) in [4.78, 5) is 34.9. The van der Waals surface area contributed by atoms with Gasteiger partial charge in [-0.15, -0.1) is 0 Å². The molecule has 172 valence electrons. The molecule has 2 aromatic carbocycles. The first kappa shape index (κ1) is 21.5. The van der Waals surface area contributed by atoms with Crippen LogP contribution in [-0.2, 0) is 16.1 Å². The normalized spacial score (nSPS) is 19.5. The topological polar surface area (TPSA) is 67.7 Å². The van der Waals surface area contributed by atoms with Crippen molar-refractivity contribution in [3.8, 4) is 5.75 Å². The number of methoxy groups -OCH3 is 1. The molecule has 0 radical (unpaired) electrons. The fourth-order valence-electron chi connectivity index (χ4n) is 5.03. The number of rotatable bonds is 5. The van der Waals surface area contributed by atoms with Crippen LogP contribution in [0.1, 0.15) is 37.9 Å². The number of benzene rings is 2. The van der Waals surface area contributed by atoms with Crippen LogP contribution in [0.3, 0.4) is 0 Å². The maximum Gasteiger partial charge on any atom is 0.242 e. The quantitative estimate of drug-likeness (QED) is 0.598. The predicted molar refractivity (Wildman–Crippen MR) is 127 cm³/mol. The number of hydrogen-bond acceptors (Lipinski definition) is 4. The molecule has 0 N–H and O–H groups in total. The second-order valence-corrected chi connectivity index (χ2v) is 9.19. The second kappa shape index (κ2) is 8.89. The largest absolute Gasteiger partial charge is 0.495 e. The summed E-state index contributed by atoms with van der Waals surface area (Å²) in [6.07, 6.45) is 2.46. The first-order valence-electron chi connectivity index (χ1n) is 11.7. The van der Waals surface area contributed by atoms with Crippen LogP contribution in [-0.4, -0.2) is 53.0 Å². The van der Waals surface area contributed by atoms with Crippen molar-refractivity contribution in [2.45, 2.75) is 38.6 Å². The van der Waals surface area contributed by atoms with Crippen molar-refractivity contribution in [2.75, 3.05) is 31.6 Å². The van der Waals surface area contributed by atoms with Gasteiger partial charge in [0.2, 0.25) is 11.8 Å². The maximum atomic E-state index is 13.2. The third-order valence-corrected chi connectivity index (χ3v) is 6.98. The Balaban J connectivity index is 1.45. The molecule has 1 aromatic heterocycles. The molecule has 5 rings (SSSR count). The average Bonchev–Trinajstić information content (AvgIpc) is 3.40. The molecule has 0 spiro atoms. The number of para-hydroxylation sites is 4. The Morgan fingerprint density at radius 1 is 1.09 bits per heavy atom. The van der Waals surface area contributed by atoms with E-state index in [1.807, 2.05) is 58.0 Å². The molecule has 3 aromatic rings. The van der Waals surface area contributed by atoms with E-state index >= 15 is 0 Å². The van der Waals surface area contributed by atoms with Crippen LogP contribution in [0, 0.1) is 5.92 Å². The third-order valence-electron chi connectivity index (χ3n) is 6.98. The monoisotopic (exact) mass is 446 g/mol. The first-order valence-corrected chi connectivity index (χ1v) is 11.7. The maximum absolute atomic E-state index is 13.2. The second-order valence-electron chi connectivity index (χ2n) is 9.19. The fraction of sp³-hybridized carbons (Fsp3) is 0.423. The molecule has 0 saturated carbocycles. The summed E-state index contributed by atoms with van der Waals surface area (Å²) in [5, 5.41) is 0. The number of imidazole rings is 1. The molecule has 2 aliphatic rings. The van der Waals surface area contributed by atoms with Gasteiger partial charge < -0.3 is 19.1 Å². The van der Waals surface area contributed by atoms with Gasteiger partial charge in [0.1, 0.15) is 18.1 Å². The van der Waals surface area contributed by atoms with Gasteiger partial charge in [0, 0.05) is 32.0 Å². The number of carbonyl (C=O) groups is 2. The number of likely N-dealkylation sites (tertiary alicyclic amines) is 1. The molecule has 0 bridgehead atoms. The lowest BCUT2D eigenvalue weighted by Gasteiger charge is -2.30. The fourth-order valence-corrected chi connectivity index (χ4v) is 5.03. The molecule has 1 atom stereocenters. The van der Waals surface area contributed by atoms with Gasteiger partial charge in [-0.1, -0.05) is 31.2 Å².